The maximum absolute atomic E-state index is 5.28. The fourth-order valence-corrected chi connectivity index (χ4v) is 2.22. The van der Waals surface area contributed by atoms with Crippen molar-refractivity contribution in [3.63, 3.8) is 0 Å². The van der Waals surface area contributed by atoms with Gasteiger partial charge in [-0.25, -0.2) is 0 Å². The van der Waals surface area contributed by atoms with Gasteiger partial charge in [0, 0.05) is 6.04 Å². The quantitative estimate of drug-likeness (QED) is 0.798. The third-order valence-corrected chi connectivity index (χ3v) is 3.74. The number of likely N-dealkylation sites (N-methyl/N-ethyl adjacent to an activating group) is 1. The molecule has 0 aliphatic heterocycles. The smallest absolute Gasteiger partial charge is 0.119 e. The number of hydrogen-bond acceptors (Lipinski definition) is 2. The molecule has 1 aromatic rings. The Morgan fingerprint density at radius 2 is 1.94 bits per heavy atom. The van der Waals surface area contributed by atoms with Crippen LogP contribution in [0.15, 0.2) is 24.3 Å². The molecule has 102 valence electrons. The average molecular weight is 249 g/mol. The van der Waals surface area contributed by atoms with Crippen LogP contribution in [0.5, 0.6) is 5.75 Å². The number of ether oxygens (including phenoxy) is 1. The topological polar surface area (TPSA) is 21.3 Å². The van der Waals surface area contributed by atoms with Crippen LogP contribution >= 0.6 is 0 Å². The minimum Gasteiger partial charge on any atom is -0.497 e. The number of nitrogens with one attached hydrogen (secondary N) is 1. The van der Waals surface area contributed by atoms with Gasteiger partial charge < -0.3 is 10.1 Å². The zero-order chi connectivity index (χ0) is 13.5. The third kappa shape index (κ3) is 4.34. The highest BCUT2D eigenvalue weighted by molar-refractivity contribution is 5.29. The summed E-state index contributed by atoms with van der Waals surface area (Å²) in [7, 11) is 1.72. The molecule has 0 saturated carbocycles. The maximum atomic E-state index is 5.28. The average Bonchev–Trinajstić information content (AvgIpc) is 2.37. The monoisotopic (exact) mass is 249 g/mol. The minimum absolute atomic E-state index is 0.530. The van der Waals surface area contributed by atoms with Crippen molar-refractivity contribution in [2.45, 2.75) is 40.2 Å². The first kappa shape index (κ1) is 15.0. The number of methoxy groups -OCH3 is 1. The summed E-state index contributed by atoms with van der Waals surface area (Å²) in [5.74, 6) is 2.30. The first-order valence-electron chi connectivity index (χ1n) is 6.94. The Bertz CT molecular complexity index is 349. The van der Waals surface area contributed by atoms with E-state index in [-0.39, 0.29) is 0 Å². The highest BCUT2D eigenvalue weighted by Crippen LogP contribution is 2.20. The largest absolute Gasteiger partial charge is 0.497 e. The summed E-state index contributed by atoms with van der Waals surface area (Å²) in [5.41, 5.74) is 1.34. The molecule has 0 radical (unpaired) electrons. The van der Waals surface area contributed by atoms with Gasteiger partial charge in [0.2, 0.25) is 0 Å². The van der Waals surface area contributed by atoms with Crippen LogP contribution in [0.1, 0.15) is 33.3 Å². The summed E-state index contributed by atoms with van der Waals surface area (Å²) < 4.78 is 5.28. The van der Waals surface area contributed by atoms with Gasteiger partial charge in [-0.2, -0.15) is 0 Å². The molecule has 1 rings (SSSR count). The molecule has 0 aliphatic rings. The third-order valence-electron chi connectivity index (χ3n) is 3.74. The highest BCUT2D eigenvalue weighted by atomic mass is 16.5. The summed E-state index contributed by atoms with van der Waals surface area (Å²) >= 11 is 0. The van der Waals surface area contributed by atoms with E-state index < -0.39 is 0 Å². The van der Waals surface area contributed by atoms with Crippen molar-refractivity contribution in [2.24, 2.45) is 11.8 Å². The summed E-state index contributed by atoms with van der Waals surface area (Å²) in [6.07, 6.45) is 1.06. The van der Waals surface area contributed by atoms with Gasteiger partial charge >= 0.3 is 0 Å². The summed E-state index contributed by atoms with van der Waals surface area (Å²) in [4.78, 5) is 0. The van der Waals surface area contributed by atoms with E-state index >= 15 is 0 Å². The first-order valence-corrected chi connectivity index (χ1v) is 6.94. The Morgan fingerprint density at radius 1 is 1.22 bits per heavy atom. The van der Waals surface area contributed by atoms with Gasteiger partial charge in [0.05, 0.1) is 7.11 Å². The summed E-state index contributed by atoms with van der Waals surface area (Å²) in [6.45, 7) is 10.1. The van der Waals surface area contributed by atoms with Gasteiger partial charge in [0.15, 0.2) is 0 Å². The molecule has 0 aromatic heterocycles. The molecule has 2 nitrogen and oxygen atoms in total. The van der Waals surface area contributed by atoms with Crippen molar-refractivity contribution in [3.8, 4) is 5.75 Å². The zero-order valence-corrected chi connectivity index (χ0v) is 12.4. The Kier molecular flexibility index (Phi) is 6.20. The molecular weight excluding hydrogens is 222 g/mol. The molecule has 0 bridgehead atoms. The lowest BCUT2D eigenvalue weighted by Crippen LogP contribution is -2.38. The van der Waals surface area contributed by atoms with E-state index in [9.17, 15) is 0 Å². The molecule has 2 heteroatoms. The van der Waals surface area contributed by atoms with Gasteiger partial charge in [-0.3, -0.25) is 0 Å². The number of hydrogen-bond donors (Lipinski definition) is 1. The summed E-state index contributed by atoms with van der Waals surface area (Å²) in [5, 5.41) is 3.61. The molecular formula is C16H27NO. The molecule has 2 unspecified atom stereocenters. The van der Waals surface area contributed by atoms with Crippen LogP contribution in [-0.4, -0.2) is 19.7 Å². The van der Waals surface area contributed by atoms with Crippen LogP contribution in [0.3, 0.4) is 0 Å². The molecule has 0 fully saturated rings. The van der Waals surface area contributed by atoms with Crippen LogP contribution < -0.4 is 10.1 Å². The SMILES string of the molecule is CCNC(Cc1cccc(OC)c1)C(C)C(C)C. The predicted octanol–water partition coefficient (Wildman–Crippen LogP) is 3.51. The van der Waals surface area contributed by atoms with E-state index in [4.69, 9.17) is 4.74 Å². The van der Waals surface area contributed by atoms with Gasteiger partial charge in [0.25, 0.3) is 0 Å². The molecule has 0 amide bonds. The van der Waals surface area contributed by atoms with Crippen molar-refractivity contribution < 1.29 is 4.74 Å². The van der Waals surface area contributed by atoms with Crippen LogP contribution in [0.4, 0.5) is 0 Å². The molecule has 2 atom stereocenters. The Balaban J connectivity index is 2.75. The molecule has 1 N–H and O–H groups in total. The van der Waals surface area contributed by atoms with Crippen LogP contribution in [0.2, 0.25) is 0 Å². The predicted molar refractivity (Wildman–Crippen MR) is 78.2 cm³/mol. The molecule has 0 heterocycles. The molecule has 0 saturated heterocycles. The first-order chi connectivity index (χ1) is 8.58. The highest BCUT2D eigenvalue weighted by Gasteiger charge is 2.19. The van der Waals surface area contributed by atoms with E-state index in [0.29, 0.717) is 17.9 Å². The van der Waals surface area contributed by atoms with Crippen molar-refractivity contribution >= 4 is 0 Å². The Labute approximate surface area is 112 Å². The van der Waals surface area contributed by atoms with Crippen LogP contribution in [-0.2, 0) is 6.42 Å². The van der Waals surface area contributed by atoms with Gasteiger partial charge in [-0.1, -0.05) is 39.8 Å². The van der Waals surface area contributed by atoms with Crippen molar-refractivity contribution in [1.82, 2.24) is 5.32 Å². The van der Waals surface area contributed by atoms with Crippen LogP contribution in [0, 0.1) is 11.8 Å². The lowest BCUT2D eigenvalue weighted by molar-refractivity contribution is 0.300. The van der Waals surface area contributed by atoms with E-state index in [1.54, 1.807) is 7.11 Å². The second-order valence-corrected chi connectivity index (χ2v) is 5.32. The van der Waals surface area contributed by atoms with E-state index in [0.717, 1.165) is 18.7 Å². The van der Waals surface area contributed by atoms with E-state index in [2.05, 4.69) is 51.2 Å². The molecule has 0 spiro atoms. The van der Waals surface area contributed by atoms with E-state index in [1.807, 2.05) is 6.07 Å². The standard InChI is InChI=1S/C16H27NO/c1-6-17-16(13(4)12(2)3)11-14-8-7-9-15(10-14)18-5/h7-10,12-13,16-17H,6,11H2,1-5H3. The normalized spacial score (nSPS) is 14.6. The molecule has 1 aromatic carbocycles. The van der Waals surface area contributed by atoms with Gasteiger partial charge in [-0.15, -0.1) is 0 Å². The molecule has 0 aliphatic carbocycles. The fourth-order valence-electron chi connectivity index (χ4n) is 2.22. The van der Waals surface area contributed by atoms with Crippen LogP contribution in [0.25, 0.3) is 0 Å². The Hall–Kier alpha value is -1.02. The second kappa shape index (κ2) is 7.42. The summed E-state index contributed by atoms with van der Waals surface area (Å²) in [6, 6.07) is 8.91. The van der Waals surface area contributed by atoms with E-state index in [1.165, 1.54) is 5.56 Å². The lowest BCUT2D eigenvalue weighted by Gasteiger charge is -2.28. The van der Waals surface area contributed by atoms with Gasteiger partial charge in [-0.05, 0) is 42.5 Å². The second-order valence-electron chi connectivity index (χ2n) is 5.32. The maximum Gasteiger partial charge on any atom is 0.119 e. The van der Waals surface area contributed by atoms with Crippen molar-refractivity contribution in [1.29, 1.82) is 0 Å². The fraction of sp³-hybridized carbons (Fsp3) is 0.625. The lowest BCUT2D eigenvalue weighted by atomic mass is 9.86. The zero-order valence-electron chi connectivity index (χ0n) is 12.4. The molecule has 18 heavy (non-hydrogen) atoms. The van der Waals surface area contributed by atoms with Crippen molar-refractivity contribution in [3.05, 3.63) is 29.8 Å². The van der Waals surface area contributed by atoms with Gasteiger partial charge in [0.1, 0.15) is 5.75 Å². The van der Waals surface area contributed by atoms with Crippen molar-refractivity contribution in [2.75, 3.05) is 13.7 Å². The Morgan fingerprint density at radius 3 is 2.50 bits per heavy atom. The minimum atomic E-state index is 0.530. The number of rotatable bonds is 7. The number of benzene rings is 1.